The molecule has 156 valence electrons. The lowest BCUT2D eigenvalue weighted by Gasteiger charge is -2.37. The average molecular weight is 414 g/mol. The Kier molecular flexibility index (Phi) is 5.12. The monoisotopic (exact) mass is 414 g/mol. The smallest absolute Gasteiger partial charge is 0.263 e. The van der Waals surface area contributed by atoms with Crippen molar-refractivity contribution < 1.29 is 4.39 Å². The van der Waals surface area contributed by atoms with Crippen LogP contribution < -0.4 is 15.4 Å². The number of nitrogens with zero attached hydrogens (tertiary/aromatic N) is 4. The lowest BCUT2D eigenvalue weighted by molar-refractivity contribution is 0.584. The molecule has 0 amide bonds. The zero-order chi connectivity index (χ0) is 21.2. The molecule has 0 aliphatic carbocycles. The fraction of sp³-hybridized carbons (Fsp3) is 0.200. The van der Waals surface area contributed by atoms with Gasteiger partial charge in [0.25, 0.3) is 5.56 Å². The van der Waals surface area contributed by atoms with E-state index in [1.54, 1.807) is 10.6 Å². The number of hydrogen-bond acceptors (Lipinski definition) is 4. The van der Waals surface area contributed by atoms with Gasteiger partial charge in [-0.25, -0.2) is 9.37 Å². The van der Waals surface area contributed by atoms with Gasteiger partial charge in [0.05, 0.1) is 23.1 Å². The predicted molar refractivity (Wildman–Crippen MR) is 122 cm³/mol. The van der Waals surface area contributed by atoms with Crippen LogP contribution in [0.4, 0.5) is 16.0 Å². The zero-order valence-corrected chi connectivity index (χ0v) is 17.1. The summed E-state index contributed by atoms with van der Waals surface area (Å²) in [5, 5.41) is 0.618. The highest BCUT2D eigenvalue weighted by Gasteiger charge is 2.23. The molecule has 1 aliphatic rings. The maximum Gasteiger partial charge on any atom is 0.263 e. The van der Waals surface area contributed by atoms with Crippen LogP contribution in [0.15, 0.2) is 83.7 Å². The standard InChI is InChI=1S/C25H23FN4O/c26-21-11-5-7-13-23(21)28-14-16-29(17-15-28)25-27-22-12-6-4-10-20(22)24(31)30(25)18-19-8-2-1-3-9-19/h1-13H,14-18H2. The van der Waals surface area contributed by atoms with Gasteiger partial charge < -0.3 is 9.80 Å². The first-order valence-corrected chi connectivity index (χ1v) is 10.5. The van der Waals surface area contributed by atoms with Crippen LogP contribution in [0.1, 0.15) is 5.56 Å². The maximum atomic E-state index is 14.2. The number of halogens is 1. The Morgan fingerprint density at radius 3 is 2.19 bits per heavy atom. The van der Waals surface area contributed by atoms with Crippen LogP contribution in [0.5, 0.6) is 0 Å². The molecule has 1 aliphatic heterocycles. The number of rotatable bonds is 4. The van der Waals surface area contributed by atoms with Gasteiger partial charge in [-0.15, -0.1) is 0 Å². The number of hydrogen-bond donors (Lipinski definition) is 0. The van der Waals surface area contributed by atoms with Crippen LogP contribution in [-0.4, -0.2) is 35.7 Å². The van der Waals surface area contributed by atoms with Crippen molar-refractivity contribution in [3.63, 3.8) is 0 Å². The van der Waals surface area contributed by atoms with Crippen molar-refractivity contribution in [3.8, 4) is 0 Å². The van der Waals surface area contributed by atoms with E-state index in [0.717, 1.165) is 5.56 Å². The Morgan fingerprint density at radius 2 is 1.42 bits per heavy atom. The van der Waals surface area contributed by atoms with E-state index in [4.69, 9.17) is 4.98 Å². The second-order valence-electron chi connectivity index (χ2n) is 7.73. The molecule has 31 heavy (non-hydrogen) atoms. The Labute approximate surface area is 180 Å². The van der Waals surface area contributed by atoms with Crippen molar-refractivity contribution in [2.45, 2.75) is 6.54 Å². The summed E-state index contributed by atoms with van der Waals surface area (Å²) in [5.74, 6) is 0.460. The molecule has 6 heteroatoms. The van der Waals surface area contributed by atoms with E-state index in [1.807, 2.05) is 71.6 Å². The second-order valence-corrected chi connectivity index (χ2v) is 7.73. The van der Waals surface area contributed by atoms with Crippen LogP contribution in [0, 0.1) is 5.82 Å². The van der Waals surface area contributed by atoms with Gasteiger partial charge in [-0.2, -0.15) is 0 Å². The van der Waals surface area contributed by atoms with Crippen molar-refractivity contribution in [1.82, 2.24) is 9.55 Å². The molecule has 5 rings (SSSR count). The number of aromatic nitrogens is 2. The molecule has 0 unspecified atom stereocenters. The van der Waals surface area contributed by atoms with Gasteiger partial charge >= 0.3 is 0 Å². The molecule has 0 atom stereocenters. The Hall–Kier alpha value is -3.67. The summed E-state index contributed by atoms with van der Waals surface area (Å²) in [4.78, 5) is 22.4. The average Bonchev–Trinajstić information content (AvgIpc) is 2.82. The molecule has 0 N–H and O–H groups in total. The van der Waals surface area contributed by atoms with Gasteiger partial charge in [0.15, 0.2) is 0 Å². The van der Waals surface area contributed by atoms with Crippen LogP contribution in [0.3, 0.4) is 0 Å². The predicted octanol–water partition coefficient (Wildman–Crippen LogP) is 3.91. The van der Waals surface area contributed by atoms with Gasteiger partial charge in [-0.1, -0.05) is 54.6 Å². The minimum atomic E-state index is -0.208. The van der Waals surface area contributed by atoms with Gasteiger partial charge in [0.1, 0.15) is 5.82 Å². The maximum absolute atomic E-state index is 14.2. The summed E-state index contributed by atoms with van der Waals surface area (Å²) >= 11 is 0. The summed E-state index contributed by atoms with van der Waals surface area (Å²) in [6, 6.07) is 24.3. The molecule has 5 nitrogen and oxygen atoms in total. The van der Waals surface area contributed by atoms with E-state index in [2.05, 4.69) is 4.90 Å². The molecule has 1 fully saturated rings. The van der Waals surface area contributed by atoms with Gasteiger partial charge in [0.2, 0.25) is 5.95 Å². The largest absolute Gasteiger partial charge is 0.366 e. The Morgan fingerprint density at radius 1 is 0.774 bits per heavy atom. The number of fused-ring (bicyclic) bond motifs is 1. The number of piperazine rings is 1. The van der Waals surface area contributed by atoms with E-state index < -0.39 is 0 Å². The van der Waals surface area contributed by atoms with Crippen molar-refractivity contribution in [3.05, 3.63) is 101 Å². The number of anilines is 2. The molecule has 1 saturated heterocycles. The van der Waals surface area contributed by atoms with Gasteiger partial charge in [-0.3, -0.25) is 9.36 Å². The molecular formula is C25H23FN4O. The van der Waals surface area contributed by atoms with Crippen LogP contribution in [0.25, 0.3) is 10.9 Å². The lowest BCUT2D eigenvalue weighted by Crippen LogP contribution is -2.48. The fourth-order valence-electron chi connectivity index (χ4n) is 4.16. The van der Waals surface area contributed by atoms with Crippen molar-refractivity contribution >= 4 is 22.5 Å². The lowest BCUT2D eigenvalue weighted by atomic mass is 10.2. The molecule has 0 saturated carbocycles. The van der Waals surface area contributed by atoms with Gasteiger partial charge in [0, 0.05) is 26.2 Å². The molecule has 0 radical (unpaired) electrons. The highest BCUT2D eigenvalue weighted by Crippen LogP contribution is 2.23. The van der Waals surface area contributed by atoms with Crippen LogP contribution >= 0.6 is 0 Å². The molecule has 3 aromatic carbocycles. The first kappa shape index (κ1) is 19.3. The van der Waals surface area contributed by atoms with Gasteiger partial charge in [-0.05, 0) is 29.8 Å². The third-order valence-corrected chi connectivity index (χ3v) is 5.78. The van der Waals surface area contributed by atoms with E-state index in [-0.39, 0.29) is 11.4 Å². The Bertz CT molecular complexity index is 1260. The third-order valence-electron chi connectivity index (χ3n) is 5.78. The van der Waals surface area contributed by atoms with E-state index in [0.29, 0.717) is 55.3 Å². The van der Waals surface area contributed by atoms with Crippen molar-refractivity contribution in [2.75, 3.05) is 36.0 Å². The van der Waals surface area contributed by atoms with Crippen LogP contribution in [0.2, 0.25) is 0 Å². The first-order valence-electron chi connectivity index (χ1n) is 10.5. The van der Waals surface area contributed by atoms with E-state index >= 15 is 0 Å². The third kappa shape index (κ3) is 3.77. The number of para-hydroxylation sites is 2. The number of benzene rings is 3. The molecule has 0 bridgehead atoms. The van der Waals surface area contributed by atoms with E-state index in [1.165, 1.54) is 6.07 Å². The summed E-state index contributed by atoms with van der Waals surface area (Å²) in [5.41, 5.74) is 2.33. The highest BCUT2D eigenvalue weighted by molar-refractivity contribution is 5.78. The van der Waals surface area contributed by atoms with E-state index in [9.17, 15) is 9.18 Å². The minimum Gasteiger partial charge on any atom is -0.366 e. The zero-order valence-electron chi connectivity index (χ0n) is 17.1. The van der Waals surface area contributed by atoms with Crippen molar-refractivity contribution in [1.29, 1.82) is 0 Å². The Balaban J connectivity index is 1.50. The van der Waals surface area contributed by atoms with Crippen molar-refractivity contribution in [2.24, 2.45) is 0 Å². The molecule has 0 spiro atoms. The molecule has 4 aromatic rings. The summed E-state index contributed by atoms with van der Waals surface area (Å²) < 4.78 is 16.0. The molecule has 2 heterocycles. The minimum absolute atomic E-state index is 0.0408. The topological polar surface area (TPSA) is 41.4 Å². The van der Waals surface area contributed by atoms with Crippen LogP contribution in [-0.2, 0) is 6.54 Å². The normalized spacial score (nSPS) is 14.2. The molecule has 1 aromatic heterocycles. The highest BCUT2D eigenvalue weighted by atomic mass is 19.1. The fourth-order valence-corrected chi connectivity index (χ4v) is 4.16. The SMILES string of the molecule is O=c1c2ccccc2nc(N2CCN(c3ccccc3F)CC2)n1Cc1ccccc1. The summed E-state index contributed by atoms with van der Waals surface area (Å²) in [6.07, 6.45) is 0. The summed E-state index contributed by atoms with van der Waals surface area (Å²) in [6.45, 7) is 3.10. The quantitative estimate of drug-likeness (QED) is 0.508. The molecular weight excluding hydrogens is 391 g/mol. The second kappa shape index (κ2) is 8.22. The summed E-state index contributed by atoms with van der Waals surface area (Å²) in [7, 11) is 0. The first-order chi connectivity index (χ1) is 15.2.